The van der Waals surface area contributed by atoms with Gasteiger partial charge in [-0.05, 0) is 78.1 Å². The first-order chi connectivity index (χ1) is 14.4. The molecule has 0 bridgehead atoms. The number of aliphatic hydroxyl groups excluding tert-OH is 1. The van der Waals surface area contributed by atoms with Gasteiger partial charge in [-0.3, -0.25) is 4.79 Å². The van der Waals surface area contributed by atoms with Gasteiger partial charge in [0.15, 0.2) is 6.29 Å². The van der Waals surface area contributed by atoms with E-state index in [0.717, 1.165) is 18.8 Å². The van der Waals surface area contributed by atoms with Gasteiger partial charge in [-0.1, -0.05) is 47.1 Å². The van der Waals surface area contributed by atoms with Crippen LogP contribution in [-0.2, 0) is 14.3 Å². The maximum absolute atomic E-state index is 12.3. The van der Waals surface area contributed by atoms with Crippen LogP contribution in [0.3, 0.4) is 0 Å². The number of hydrogen-bond donors (Lipinski definition) is 1. The number of carbonyl (C=O) groups excluding carboxylic acids is 1. The van der Waals surface area contributed by atoms with Crippen molar-refractivity contribution < 1.29 is 19.4 Å². The van der Waals surface area contributed by atoms with Crippen LogP contribution in [0, 0.1) is 45.3 Å². The maximum Gasteiger partial charge on any atom is 0.302 e. The Morgan fingerprint density at radius 3 is 2.48 bits per heavy atom. The summed E-state index contributed by atoms with van der Waals surface area (Å²) in [5.41, 5.74) is 1.77. The van der Waals surface area contributed by atoms with Gasteiger partial charge >= 0.3 is 5.97 Å². The highest BCUT2D eigenvalue weighted by molar-refractivity contribution is 5.66. The lowest BCUT2D eigenvalue weighted by Gasteiger charge is -2.70. The minimum absolute atomic E-state index is 0.0679. The third-order valence-electron chi connectivity index (χ3n) is 11.2. The standard InChI is InChI=1S/C27H42O4/c1-16(28)31-21-14-20-25(4)12-7-11-24(2,3)18(25)10-13-26(20,5)19-9-8-17-15-30-23(29)22(17)27(19,21)6/h8,18-23,29H,7,9-15H2,1-6H3/t18-,19+,20+,21+,22+,23-,25+,26+,27-/m1/s1. The van der Waals surface area contributed by atoms with E-state index in [0.29, 0.717) is 23.9 Å². The van der Waals surface area contributed by atoms with Crippen LogP contribution in [0.2, 0.25) is 0 Å². The normalized spacial score (nSPS) is 52.8. The number of allylic oxidation sites excluding steroid dienone is 1. The summed E-state index contributed by atoms with van der Waals surface area (Å²) in [6.07, 6.45) is 9.75. The average Bonchev–Trinajstić information content (AvgIpc) is 3.04. The van der Waals surface area contributed by atoms with Crippen molar-refractivity contribution in [3.05, 3.63) is 11.6 Å². The molecular formula is C27H42O4. The van der Waals surface area contributed by atoms with E-state index in [2.05, 4.69) is 40.7 Å². The summed E-state index contributed by atoms with van der Waals surface area (Å²) in [6, 6.07) is 0. The molecule has 1 saturated heterocycles. The van der Waals surface area contributed by atoms with E-state index in [4.69, 9.17) is 9.47 Å². The third-order valence-corrected chi connectivity index (χ3v) is 11.2. The first-order valence-electron chi connectivity index (χ1n) is 12.6. The SMILES string of the molecule is CC(=O)O[C@H]1C[C@H]2[C@@]3(C)CCCC(C)(C)[C@H]3CC[C@@]2(C)[C@@H]2CC=C3CO[C@@H](O)[C@H]3[C@@]12C. The van der Waals surface area contributed by atoms with E-state index in [1.807, 2.05) is 0 Å². The summed E-state index contributed by atoms with van der Waals surface area (Å²) in [4.78, 5) is 12.3. The van der Waals surface area contributed by atoms with E-state index in [-0.39, 0.29) is 34.2 Å². The van der Waals surface area contributed by atoms with E-state index in [9.17, 15) is 9.90 Å². The molecular weight excluding hydrogens is 388 g/mol. The Kier molecular flexibility index (Phi) is 4.83. The molecule has 3 saturated carbocycles. The van der Waals surface area contributed by atoms with Gasteiger partial charge in [0.25, 0.3) is 0 Å². The first kappa shape index (κ1) is 21.9. The zero-order chi connectivity index (χ0) is 22.4. The predicted octanol–water partition coefficient (Wildman–Crippen LogP) is 5.49. The highest BCUT2D eigenvalue weighted by Crippen LogP contribution is 2.73. The van der Waals surface area contributed by atoms with Crippen molar-refractivity contribution >= 4 is 5.97 Å². The molecule has 5 rings (SSSR count). The number of rotatable bonds is 1. The first-order valence-corrected chi connectivity index (χ1v) is 12.6. The summed E-state index contributed by atoms with van der Waals surface area (Å²) in [6.45, 7) is 14.4. The number of hydrogen-bond acceptors (Lipinski definition) is 4. The molecule has 0 aromatic rings. The smallest absolute Gasteiger partial charge is 0.302 e. The Labute approximate surface area is 188 Å². The monoisotopic (exact) mass is 430 g/mol. The van der Waals surface area contributed by atoms with Crippen molar-refractivity contribution in [1.82, 2.24) is 0 Å². The second-order valence-electron chi connectivity index (χ2n) is 12.9. The second kappa shape index (κ2) is 6.82. The molecule has 0 unspecified atom stereocenters. The number of fused-ring (bicyclic) bond motifs is 7. The van der Waals surface area contributed by atoms with Gasteiger partial charge in [-0.25, -0.2) is 0 Å². The van der Waals surface area contributed by atoms with E-state index >= 15 is 0 Å². The molecule has 0 spiro atoms. The van der Waals surface area contributed by atoms with Crippen LogP contribution in [0.5, 0.6) is 0 Å². The van der Waals surface area contributed by atoms with Gasteiger partial charge in [-0.15, -0.1) is 0 Å². The molecule has 4 heteroatoms. The summed E-state index contributed by atoms with van der Waals surface area (Å²) in [5, 5.41) is 10.9. The largest absolute Gasteiger partial charge is 0.462 e. The van der Waals surface area contributed by atoms with Crippen molar-refractivity contribution in [2.75, 3.05) is 6.61 Å². The molecule has 1 heterocycles. The molecule has 1 aliphatic heterocycles. The fourth-order valence-corrected chi connectivity index (χ4v) is 10.1. The fraction of sp³-hybridized carbons (Fsp3) is 0.889. The third kappa shape index (κ3) is 2.82. The molecule has 5 aliphatic rings. The van der Waals surface area contributed by atoms with Crippen molar-refractivity contribution in [1.29, 1.82) is 0 Å². The van der Waals surface area contributed by atoms with E-state index in [1.54, 1.807) is 6.92 Å². The second-order valence-corrected chi connectivity index (χ2v) is 12.9. The van der Waals surface area contributed by atoms with Crippen LogP contribution in [0.15, 0.2) is 11.6 Å². The molecule has 4 fully saturated rings. The summed E-state index contributed by atoms with van der Waals surface area (Å²) in [5.74, 6) is 1.39. The molecule has 4 aliphatic carbocycles. The summed E-state index contributed by atoms with van der Waals surface area (Å²) >= 11 is 0. The lowest BCUT2D eigenvalue weighted by atomic mass is 9.34. The van der Waals surface area contributed by atoms with Crippen molar-refractivity contribution in [2.45, 2.75) is 98.9 Å². The van der Waals surface area contributed by atoms with Crippen LogP contribution in [-0.4, -0.2) is 30.1 Å². The highest BCUT2D eigenvalue weighted by Gasteiger charge is 2.70. The number of ether oxygens (including phenoxy) is 2. The molecule has 4 nitrogen and oxygen atoms in total. The van der Waals surface area contributed by atoms with Crippen molar-refractivity contribution in [3.8, 4) is 0 Å². The molecule has 31 heavy (non-hydrogen) atoms. The van der Waals surface area contributed by atoms with Crippen LogP contribution < -0.4 is 0 Å². The van der Waals surface area contributed by atoms with Crippen molar-refractivity contribution in [3.63, 3.8) is 0 Å². The minimum atomic E-state index is -0.794. The average molecular weight is 431 g/mol. The molecule has 0 radical (unpaired) electrons. The molecule has 9 atom stereocenters. The summed E-state index contributed by atoms with van der Waals surface area (Å²) in [7, 11) is 0. The molecule has 0 amide bonds. The Balaban J connectivity index is 1.62. The zero-order valence-electron chi connectivity index (χ0n) is 20.4. The zero-order valence-corrected chi connectivity index (χ0v) is 20.4. The van der Waals surface area contributed by atoms with Crippen LogP contribution in [0.1, 0.15) is 86.5 Å². The molecule has 174 valence electrons. The van der Waals surface area contributed by atoms with Gasteiger partial charge in [-0.2, -0.15) is 0 Å². The van der Waals surface area contributed by atoms with E-state index < -0.39 is 6.29 Å². The Morgan fingerprint density at radius 2 is 1.77 bits per heavy atom. The highest BCUT2D eigenvalue weighted by atomic mass is 16.6. The number of esters is 1. The quantitative estimate of drug-likeness (QED) is 0.442. The Hall–Kier alpha value is -0.870. The van der Waals surface area contributed by atoms with Crippen molar-refractivity contribution in [2.24, 2.45) is 45.3 Å². The van der Waals surface area contributed by atoms with Gasteiger partial charge in [0, 0.05) is 18.3 Å². The lowest BCUT2D eigenvalue weighted by molar-refractivity contribution is -0.253. The van der Waals surface area contributed by atoms with Gasteiger partial charge < -0.3 is 14.6 Å². The Morgan fingerprint density at radius 1 is 1.06 bits per heavy atom. The Bertz CT molecular complexity index is 801. The number of carbonyl (C=O) groups is 1. The topological polar surface area (TPSA) is 55.8 Å². The van der Waals surface area contributed by atoms with Crippen LogP contribution in [0.25, 0.3) is 0 Å². The predicted molar refractivity (Wildman–Crippen MR) is 120 cm³/mol. The molecule has 0 aromatic carbocycles. The maximum atomic E-state index is 12.3. The van der Waals surface area contributed by atoms with Gasteiger partial charge in [0.2, 0.25) is 0 Å². The van der Waals surface area contributed by atoms with Gasteiger partial charge in [0.05, 0.1) is 6.61 Å². The molecule has 0 aromatic heterocycles. The van der Waals surface area contributed by atoms with Gasteiger partial charge in [0.1, 0.15) is 6.10 Å². The number of aliphatic hydroxyl groups is 1. The van der Waals surface area contributed by atoms with Crippen LogP contribution in [0.4, 0.5) is 0 Å². The van der Waals surface area contributed by atoms with Crippen LogP contribution >= 0.6 is 0 Å². The lowest BCUT2D eigenvalue weighted by Crippen LogP contribution is -2.67. The molecule has 1 N–H and O–H groups in total. The van der Waals surface area contributed by atoms with E-state index in [1.165, 1.54) is 37.7 Å². The summed E-state index contributed by atoms with van der Waals surface area (Å²) < 4.78 is 11.9. The minimum Gasteiger partial charge on any atom is -0.462 e. The fourth-order valence-electron chi connectivity index (χ4n) is 10.1.